The van der Waals surface area contributed by atoms with Gasteiger partial charge in [0, 0.05) is 55.4 Å². The molecule has 0 saturated carbocycles. The zero-order chi connectivity index (χ0) is 26.5. The number of hydrogen-bond donors (Lipinski definition) is 4. The molecular formula is C29H32ClN3O5. The maximum Gasteiger partial charge on any atom is 0.335 e. The fraction of sp³-hybridized carbons (Fsp3) is 0.379. The molecule has 0 unspecified atom stereocenters. The van der Waals surface area contributed by atoms with Gasteiger partial charge in [0.05, 0.1) is 11.7 Å². The van der Waals surface area contributed by atoms with E-state index in [1.807, 2.05) is 18.2 Å². The number of anilines is 1. The lowest BCUT2D eigenvalue weighted by molar-refractivity contribution is 0.0696. The molecule has 8 nitrogen and oxygen atoms in total. The van der Waals surface area contributed by atoms with Crippen molar-refractivity contribution in [1.82, 2.24) is 10.3 Å². The van der Waals surface area contributed by atoms with E-state index in [1.165, 1.54) is 11.1 Å². The summed E-state index contributed by atoms with van der Waals surface area (Å²) in [7, 11) is 0. The Hall–Kier alpha value is -3.17. The number of carboxylic acid groups (broad SMARTS) is 1. The summed E-state index contributed by atoms with van der Waals surface area (Å²) in [6.07, 6.45) is 5.39. The molecule has 2 aliphatic rings. The van der Waals surface area contributed by atoms with Gasteiger partial charge in [-0.3, -0.25) is 0 Å². The summed E-state index contributed by atoms with van der Waals surface area (Å²) in [6, 6.07) is 15.0. The van der Waals surface area contributed by atoms with Gasteiger partial charge in [-0.15, -0.1) is 0 Å². The number of fused-ring (bicyclic) bond motifs is 1. The molecule has 1 aromatic heterocycles. The Morgan fingerprint density at radius 1 is 1.05 bits per heavy atom. The highest BCUT2D eigenvalue weighted by atomic mass is 35.5. The minimum Gasteiger partial charge on any atom is -0.478 e. The molecule has 2 atom stereocenters. The molecule has 38 heavy (non-hydrogen) atoms. The Labute approximate surface area is 227 Å². The largest absolute Gasteiger partial charge is 0.478 e. The van der Waals surface area contributed by atoms with Crippen LogP contribution in [-0.4, -0.2) is 53.0 Å². The topological polar surface area (TPSA) is 113 Å². The van der Waals surface area contributed by atoms with Crippen molar-refractivity contribution in [2.45, 2.75) is 50.3 Å². The molecule has 200 valence electrons. The van der Waals surface area contributed by atoms with Crippen molar-refractivity contribution < 1.29 is 24.5 Å². The lowest BCUT2D eigenvalue weighted by atomic mass is 9.88. The summed E-state index contributed by atoms with van der Waals surface area (Å²) < 4.78 is 11.6. The number of aliphatic hydroxyl groups is 1. The fourth-order valence-electron chi connectivity index (χ4n) is 5.03. The van der Waals surface area contributed by atoms with Gasteiger partial charge in [-0.2, -0.15) is 0 Å². The first-order valence-electron chi connectivity index (χ1n) is 13.0. The van der Waals surface area contributed by atoms with Gasteiger partial charge in [0.2, 0.25) is 0 Å². The molecule has 2 heterocycles. The molecule has 0 amide bonds. The van der Waals surface area contributed by atoms with Crippen LogP contribution in [0, 0.1) is 0 Å². The zero-order valence-corrected chi connectivity index (χ0v) is 21.8. The van der Waals surface area contributed by atoms with Crippen LogP contribution in [0.1, 0.15) is 52.4 Å². The predicted molar refractivity (Wildman–Crippen MR) is 145 cm³/mol. The first-order valence-corrected chi connectivity index (χ1v) is 13.4. The van der Waals surface area contributed by atoms with Crippen molar-refractivity contribution in [3.8, 4) is 11.5 Å². The SMILES string of the molecule is O=C(O)c1cc(NC2CCOCC2)cc(Oc2ccc3c(c2)C[C@@H](NC[C@H](O)c2ccc(Cl)nc2)CC3)c1. The minimum absolute atomic E-state index is 0.175. The molecule has 3 aromatic rings. The Morgan fingerprint density at radius 3 is 2.66 bits per heavy atom. The number of aromatic nitrogens is 1. The number of nitrogens with zero attached hydrogens (tertiary/aromatic N) is 1. The number of halogens is 1. The maximum absolute atomic E-state index is 11.8. The van der Waals surface area contributed by atoms with E-state index in [1.54, 1.807) is 30.5 Å². The predicted octanol–water partition coefficient (Wildman–Crippen LogP) is 5.00. The third-order valence-electron chi connectivity index (χ3n) is 7.12. The van der Waals surface area contributed by atoms with Crippen LogP contribution in [0.25, 0.3) is 0 Å². The molecule has 4 N–H and O–H groups in total. The van der Waals surface area contributed by atoms with Crippen LogP contribution in [0.3, 0.4) is 0 Å². The van der Waals surface area contributed by atoms with E-state index >= 15 is 0 Å². The standard InChI is InChI=1S/C29H32ClN3O5/c30-28-6-3-19(16-32-28)27(34)17-31-23-4-1-18-2-5-25(13-20(18)11-23)38-26-14-21(29(35)36)12-24(15-26)33-22-7-9-37-10-8-22/h2-3,5-6,12-16,22-23,27,31,33-34H,1,4,7-11,17H2,(H,35,36)/t23-,27-/m0/s1. The fourth-order valence-corrected chi connectivity index (χ4v) is 5.14. The molecule has 2 aromatic carbocycles. The minimum atomic E-state index is -0.999. The Balaban J connectivity index is 1.24. The van der Waals surface area contributed by atoms with Crippen LogP contribution < -0.4 is 15.4 Å². The Bertz CT molecular complexity index is 1260. The van der Waals surface area contributed by atoms with Crippen molar-refractivity contribution >= 4 is 23.3 Å². The van der Waals surface area contributed by atoms with E-state index in [2.05, 4.69) is 21.7 Å². The number of carbonyl (C=O) groups is 1. The van der Waals surface area contributed by atoms with Gasteiger partial charge in [0.1, 0.15) is 16.7 Å². The lowest BCUT2D eigenvalue weighted by Crippen LogP contribution is -2.37. The highest BCUT2D eigenvalue weighted by molar-refractivity contribution is 6.29. The summed E-state index contributed by atoms with van der Waals surface area (Å²) in [5.41, 5.74) is 4.09. The summed E-state index contributed by atoms with van der Waals surface area (Å²) in [6.45, 7) is 1.81. The van der Waals surface area contributed by atoms with Gasteiger partial charge in [-0.1, -0.05) is 23.7 Å². The van der Waals surface area contributed by atoms with Crippen LogP contribution in [0.2, 0.25) is 5.15 Å². The van der Waals surface area contributed by atoms with Crippen LogP contribution in [-0.2, 0) is 17.6 Å². The molecule has 1 aliphatic carbocycles. The number of aromatic carboxylic acids is 1. The van der Waals surface area contributed by atoms with Gasteiger partial charge in [0.25, 0.3) is 0 Å². The number of benzene rings is 2. The summed E-state index contributed by atoms with van der Waals surface area (Å²) in [5.74, 6) is 0.141. The molecule has 1 saturated heterocycles. The van der Waals surface area contributed by atoms with Crippen molar-refractivity contribution in [1.29, 1.82) is 0 Å². The normalized spacial score (nSPS) is 18.4. The molecule has 1 fully saturated rings. The third kappa shape index (κ3) is 6.82. The van der Waals surface area contributed by atoms with E-state index in [9.17, 15) is 15.0 Å². The van der Waals surface area contributed by atoms with E-state index in [-0.39, 0.29) is 17.6 Å². The van der Waals surface area contributed by atoms with Crippen LogP contribution in [0.5, 0.6) is 11.5 Å². The van der Waals surface area contributed by atoms with Crippen molar-refractivity contribution in [3.63, 3.8) is 0 Å². The van der Waals surface area contributed by atoms with E-state index in [0.29, 0.717) is 36.4 Å². The molecule has 0 spiro atoms. The molecule has 9 heteroatoms. The summed E-state index contributed by atoms with van der Waals surface area (Å²) in [4.78, 5) is 15.8. The average molecular weight is 538 g/mol. The van der Waals surface area contributed by atoms with Gasteiger partial charge >= 0.3 is 5.97 Å². The number of carboxylic acids is 1. The number of hydrogen-bond acceptors (Lipinski definition) is 7. The van der Waals surface area contributed by atoms with Crippen molar-refractivity contribution in [2.75, 3.05) is 25.1 Å². The first-order chi connectivity index (χ1) is 18.4. The molecular weight excluding hydrogens is 506 g/mol. The molecule has 0 bridgehead atoms. The van der Waals surface area contributed by atoms with Crippen molar-refractivity contribution in [3.05, 3.63) is 82.1 Å². The number of pyridine rings is 1. The number of aryl methyl sites for hydroxylation is 1. The highest BCUT2D eigenvalue weighted by Gasteiger charge is 2.21. The van der Waals surface area contributed by atoms with E-state index in [0.717, 1.165) is 43.4 Å². The first kappa shape index (κ1) is 26.4. The second-order valence-corrected chi connectivity index (χ2v) is 10.3. The van der Waals surface area contributed by atoms with Gasteiger partial charge in [0.15, 0.2) is 0 Å². The maximum atomic E-state index is 11.8. The van der Waals surface area contributed by atoms with E-state index in [4.69, 9.17) is 21.1 Å². The number of nitrogens with one attached hydrogen (secondary N) is 2. The van der Waals surface area contributed by atoms with Crippen LogP contribution in [0.15, 0.2) is 54.7 Å². The molecule has 1 aliphatic heterocycles. The Morgan fingerprint density at radius 2 is 1.89 bits per heavy atom. The van der Waals surface area contributed by atoms with Gasteiger partial charge in [-0.25, -0.2) is 9.78 Å². The van der Waals surface area contributed by atoms with Gasteiger partial charge < -0.3 is 30.3 Å². The van der Waals surface area contributed by atoms with Gasteiger partial charge in [-0.05, 0) is 73.6 Å². The summed E-state index contributed by atoms with van der Waals surface area (Å²) in [5, 5.41) is 27.5. The monoisotopic (exact) mass is 537 g/mol. The highest BCUT2D eigenvalue weighted by Crippen LogP contribution is 2.31. The van der Waals surface area contributed by atoms with Crippen LogP contribution in [0.4, 0.5) is 5.69 Å². The zero-order valence-electron chi connectivity index (χ0n) is 21.0. The van der Waals surface area contributed by atoms with E-state index < -0.39 is 12.1 Å². The average Bonchev–Trinajstić information content (AvgIpc) is 2.92. The Kier molecular flexibility index (Phi) is 8.44. The second-order valence-electron chi connectivity index (χ2n) is 9.89. The summed E-state index contributed by atoms with van der Waals surface area (Å²) >= 11 is 5.84. The molecule has 0 radical (unpaired) electrons. The number of aliphatic hydroxyl groups excluding tert-OH is 1. The second kappa shape index (κ2) is 12.1. The lowest BCUT2D eigenvalue weighted by Gasteiger charge is -2.27. The number of ether oxygens (including phenoxy) is 2. The smallest absolute Gasteiger partial charge is 0.335 e. The third-order valence-corrected chi connectivity index (χ3v) is 7.35. The van der Waals surface area contributed by atoms with Crippen molar-refractivity contribution in [2.24, 2.45) is 0 Å². The number of rotatable bonds is 9. The quantitative estimate of drug-likeness (QED) is 0.282. The molecule has 5 rings (SSSR count). The van der Waals surface area contributed by atoms with Crippen LogP contribution >= 0.6 is 11.6 Å².